The van der Waals surface area contributed by atoms with Crippen molar-refractivity contribution >= 4 is 23.1 Å². The van der Waals surface area contributed by atoms with Crippen LogP contribution in [-0.2, 0) is 24.2 Å². The summed E-state index contributed by atoms with van der Waals surface area (Å²) in [5, 5.41) is 7.86. The summed E-state index contributed by atoms with van der Waals surface area (Å²) in [7, 11) is 0. The molecule has 1 amide bonds. The first-order valence-electron chi connectivity index (χ1n) is 8.69. The summed E-state index contributed by atoms with van der Waals surface area (Å²) < 4.78 is 5.58. The topological polar surface area (TPSA) is 41.6 Å². The van der Waals surface area contributed by atoms with Crippen LogP contribution in [0.3, 0.4) is 0 Å². The molecule has 1 aromatic heterocycles. The Labute approximate surface area is 153 Å². The van der Waals surface area contributed by atoms with E-state index in [2.05, 4.69) is 41.2 Å². The number of nitrogens with one attached hydrogen (secondary N) is 1. The van der Waals surface area contributed by atoms with Gasteiger partial charge in [-0.15, -0.1) is 0 Å². The maximum Gasteiger partial charge on any atom is 0.414 e. The quantitative estimate of drug-likeness (QED) is 0.865. The lowest BCUT2D eigenvalue weighted by Gasteiger charge is -2.26. The van der Waals surface area contributed by atoms with E-state index in [9.17, 15) is 4.79 Å². The number of benzene rings is 1. The zero-order chi connectivity index (χ0) is 18.0. The molecule has 1 N–H and O–H groups in total. The number of hydrogen-bond acceptors (Lipinski definition) is 4. The molecule has 134 valence electrons. The molecule has 25 heavy (non-hydrogen) atoms. The van der Waals surface area contributed by atoms with Crippen molar-refractivity contribution in [3.8, 4) is 0 Å². The van der Waals surface area contributed by atoms with Gasteiger partial charge in [0.25, 0.3) is 0 Å². The number of nitrogens with zero attached hydrogens (tertiary/aromatic N) is 1. The summed E-state index contributed by atoms with van der Waals surface area (Å²) in [4.78, 5) is 14.4. The highest BCUT2D eigenvalue weighted by molar-refractivity contribution is 7.08. The van der Waals surface area contributed by atoms with Gasteiger partial charge in [0.1, 0.15) is 5.60 Å². The number of thiophene rings is 1. The molecule has 0 spiro atoms. The molecule has 5 heteroatoms. The minimum absolute atomic E-state index is 0.257. The second kappa shape index (κ2) is 7.18. The van der Waals surface area contributed by atoms with Crippen molar-refractivity contribution in [2.75, 3.05) is 11.4 Å². The fourth-order valence-electron chi connectivity index (χ4n) is 3.08. The summed E-state index contributed by atoms with van der Waals surface area (Å²) in [6.45, 7) is 10.1. The van der Waals surface area contributed by atoms with Gasteiger partial charge in [-0.1, -0.05) is 18.2 Å². The summed E-state index contributed by atoms with van der Waals surface area (Å²) in [6.07, 6.45) is 0.624. The first-order valence-corrected chi connectivity index (χ1v) is 9.63. The van der Waals surface area contributed by atoms with E-state index in [1.165, 1.54) is 16.7 Å². The fourth-order valence-corrected chi connectivity index (χ4v) is 3.94. The number of aryl methyl sites for hydroxylation is 1. The third-order valence-electron chi connectivity index (χ3n) is 4.28. The normalized spacial score (nSPS) is 13.8. The molecule has 0 fully saturated rings. The van der Waals surface area contributed by atoms with Crippen LogP contribution in [-0.4, -0.2) is 18.2 Å². The van der Waals surface area contributed by atoms with E-state index >= 15 is 0 Å². The third kappa shape index (κ3) is 4.22. The van der Waals surface area contributed by atoms with Crippen LogP contribution in [0, 0.1) is 6.92 Å². The number of ether oxygens (including phenoxy) is 1. The van der Waals surface area contributed by atoms with Crippen LogP contribution in [0.25, 0.3) is 0 Å². The monoisotopic (exact) mass is 358 g/mol. The van der Waals surface area contributed by atoms with Gasteiger partial charge in [-0.2, -0.15) is 11.3 Å². The van der Waals surface area contributed by atoms with Gasteiger partial charge in [-0.25, -0.2) is 4.79 Å². The Bertz CT molecular complexity index is 761. The molecular formula is C20H26N2O2S. The van der Waals surface area contributed by atoms with E-state index in [1.807, 2.05) is 20.8 Å². The first kappa shape index (κ1) is 18.0. The molecule has 0 unspecified atom stereocenters. The Hall–Kier alpha value is -1.85. The Kier molecular flexibility index (Phi) is 5.16. The number of hydrogen-bond donors (Lipinski definition) is 1. The number of carbonyl (C=O) groups is 1. The highest BCUT2D eigenvalue weighted by atomic mass is 32.1. The Morgan fingerprint density at radius 3 is 2.68 bits per heavy atom. The van der Waals surface area contributed by atoms with Gasteiger partial charge >= 0.3 is 6.09 Å². The van der Waals surface area contributed by atoms with Gasteiger partial charge in [0, 0.05) is 19.6 Å². The third-order valence-corrected chi connectivity index (χ3v) is 5.19. The summed E-state index contributed by atoms with van der Waals surface area (Å²) in [6, 6.07) is 6.27. The molecule has 0 radical (unpaired) electrons. The molecule has 1 aliphatic heterocycles. The van der Waals surface area contributed by atoms with Crippen molar-refractivity contribution in [3.63, 3.8) is 0 Å². The Balaban J connectivity index is 1.73. The second-order valence-corrected chi connectivity index (χ2v) is 8.23. The van der Waals surface area contributed by atoms with Crippen molar-refractivity contribution in [1.82, 2.24) is 5.32 Å². The number of fused-ring (bicyclic) bond motifs is 1. The van der Waals surface area contributed by atoms with E-state index in [4.69, 9.17) is 4.74 Å². The van der Waals surface area contributed by atoms with E-state index in [1.54, 1.807) is 16.2 Å². The first-order chi connectivity index (χ1) is 11.8. The smallest absolute Gasteiger partial charge is 0.414 e. The molecule has 2 heterocycles. The van der Waals surface area contributed by atoms with Crippen molar-refractivity contribution in [1.29, 1.82) is 0 Å². The van der Waals surface area contributed by atoms with E-state index < -0.39 is 5.60 Å². The Morgan fingerprint density at radius 2 is 2.00 bits per heavy atom. The number of carbonyl (C=O) groups excluding carboxylic acids is 1. The van der Waals surface area contributed by atoms with Crippen LogP contribution in [0.2, 0.25) is 0 Å². The van der Waals surface area contributed by atoms with Gasteiger partial charge in [0.05, 0.1) is 5.69 Å². The summed E-state index contributed by atoms with van der Waals surface area (Å²) >= 11 is 1.73. The van der Waals surface area contributed by atoms with E-state index in [-0.39, 0.29) is 6.09 Å². The van der Waals surface area contributed by atoms with E-state index in [0.29, 0.717) is 6.54 Å². The van der Waals surface area contributed by atoms with Gasteiger partial charge in [0.15, 0.2) is 0 Å². The molecule has 4 nitrogen and oxygen atoms in total. The maximum absolute atomic E-state index is 12.6. The molecule has 0 aliphatic carbocycles. The minimum Gasteiger partial charge on any atom is -0.443 e. The van der Waals surface area contributed by atoms with Crippen molar-refractivity contribution < 1.29 is 9.53 Å². The SMILES string of the molecule is Cc1cscc1CNCc1cccc2c1N(C(=O)OC(C)(C)C)CC2. The number of anilines is 1. The van der Waals surface area contributed by atoms with Crippen molar-refractivity contribution in [3.05, 3.63) is 51.2 Å². The van der Waals surface area contributed by atoms with Gasteiger partial charge < -0.3 is 10.1 Å². The molecule has 0 saturated carbocycles. The van der Waals surface area contributed by atoms with Crippen molar-refractivity contribution in [2.45, 2.75) is 52.8 Å². The molecule has 0 bridgehead atoms. The highest BCUT2D eigenvalue weighted by Gasteiger charge is 2.30. The average Bonchev–Trinajstić information content (AvgIpc) is 3.12. The van der Waals surface area contributed by atoms with Crippen LogP contribution in [0.1, 0.15) is 43.0 Å². The van der Waals surface area contributed by atoms with Crippen LogP contribution in [0.4, 0.5) is 10.5 Å². The lowest BCUT2D eigenvalue weighted by Crippen LogP contribution is -2.36. The molecular weight excluding hydrogens is 332 g/mol. The minimum atomic E-state index is -0.483. The number of para-hydroxylation sites is 1. The maximum atomic E-state index is 12.6. The average molecular weight is 359 g/mol. The largest absolute Gasteiger partial charge is 0.443 e. The molecule has 2 aromatic rings. The molecule has 0 saturated heterocycles. The molecule has 1 aliphatic rings. The van der Waals surface area contributed by atoms with Gasteiger partial charge in [-0.3, -0.25) is 4.90 Å². The van der Waals surface area contributed by atoms with Gasteiger partial charge in [-0.05, 0) is 67.1 Å². The number of rotatable bonds is 4. The highest BCUT2D eigenvalue weighted by Crippen LogP contribution is 2.33. The van der Waals surface area contributed by atoms with E-state index in [0.717, 1.165) is 30.8 Å². The molecule has 3 rings (SSSR count). The Morgan fingerprint density at radius 1 is 1.24 bits per heavy atom. The summed E-state index contributed by atoms with van der Waals surface area (Å²) in [5.74, 6) is 0. The lowest BCUT2D eigenvalue weighted by atomic mass is 10.1. The molecule has 0 atom stereocenters. The molecule has 1 aromatic carbocycles. The van der Waals surface area contributed by atoms with Crippen LogP contribution in [0.15, 0.2) is 29.0 Å². The predicted molar refractivity (Wildman–Crippen MR) is 103 cm³/mol. The zero-order valence-electron chi connectivity index (χ0n) is 15.4. The zero-order valence-corrected chi connectivity index (χ0v) is 16.2. The van der Waals surface area contributed by atoms with Gasteiger partial charge in [0.2, 0.25) is 0 Å². The lowest BCUT2D eigenvalue weighted by molar-refractivity contribution is 0.0583. The van der Waals surface area contributed by atoms with Crippen LogP contribution in [0.5, 0.6) is 0 Å². The van der Waals surface area contributed by atoms with Crippen LogP contribution >= 0.6 is 11.3 Å². The second-order valence-electron chi connectivity index (χ2n) is 7.49. The fraction of sp³-hybridized carbons (Fsp3) is 0.450. The standard InChI is InChI=1S/C20H26N2O2S/c1-14-12-25-13-17(14)11-21-10-16-7-5-6-15-8-9-22(18(15)16)19(23)24-20(2,3)4/h5-7,12-13,21H,8-11H2,1-4H3. The van der Waals surface area contributed by atoms with Crippen LogP contribution < -0.4 is 10.2 Å². The number of amides is 1. The predicted octanol–water partition coefficient (Wildman–Crippen LogP) is 4.64. The van der Waals surface area contributed by atoms with Crippen molar-refractivity contribution in [2.24, 2.45) is 0 Å². The summed E-state index contributed by atoms with van der Waals surface area (Å²) in [5.41, 5.74) is 5.56.